The molecule has 0 unspecified atom stereocenters. The van der Waals surface area contributed by atoms with E-state index in [2.05, 4.69) is 21.2 Å². The number of nitrogens with zero attached hydrogens (tertiary/aromatic N) is 1. The number of anilines is 1. The molecule has 0 saturated heterocycles. The molecule has 0 heterocycles. The molecule has 1 aromatic rings. The van der Waals surface area contributed by atoms with Gasteiger partial charge in [-0.3, -0.25) is 9.59 Å². The molecule has 0 fully saturated rings. The van der Waals surface area contributed by atoms with Crippen LogP contribution in [0, 0.1) is 11.3 Å². The van der Waals surface area contributed by atoms with Gasteiger partial charge in [0.2, 0.25) is 5.91 Å². The average molecular weight is 281 g/mol. The zero-order valence-corrected chi connectivity index (χ0v) is 10.2. The standard InChI is InChI=1S/C11H9BrN2O2/c1-7(15)8-2-3-9(12)10(6-8)14-11(16)4-5-13/h2-3,6H,4H2,1H3,(H,14,16). The Kier molecular flexibility index (Phi) is 4.20. The smallest absolute Gasteiger partial charge is 0.238 e. The monoisotopic (exact) mass is 280 g/mol. The third-order valence-corrected chi connectivity index (χ3v) is 2.58. The van der Waals surface area contributed by atoms with Crippen LogP contribution in [0.5, 0.6) is 0 Å². The number of halogens is 1. The van der Waals surface area contributed by atoms with Crippen LogP contribution < -0.4 is 5.32 Å². The van der Waals surface area contributed by atoms with E-state index in [1.54, 1.807) is 24.3 Å². The highest BCUT2D eigenvalue weighted by molar-refractivity contribution is 9.10. The molecule has 16 heavy (non-hydrogen) atoms. The number of amides is 1. The number of nitriles is 1. The number of ketones is 1. The first-order valence-corrected chi connectivity index (χ1v) is 5.31. The van der Waals surface area contributed by atoms with Crippen LogP contribution in [0.15, 0.2) is 22.7 Å². The van der Waals surface area contributed by atoms with E-state index in [-0.39, 0.29) is 12.2 Å². The van der Waals surface area contributed by atoms with Gasteiger partial charge in [0, 0.05) is 10.0 Å². The Morgan fingerprint density at radius 1 is 1.50 bits per heavy atom. The first kappa shape index (κ1) is 12.4. The van der Waals surface area contributed by atoms with Crippen molar-refractivity contribution in [3.05, 3.63) is 28.2 Å². The summed E-state index contributed by atoms with van der Waals surface area (Å²) in [6.07, 6.45) is -0.212. The lowest BCUT2D eigenvalue weighted by atomic mass is 10.1. The molecule has 1 aromatic carbocycles. The first-order chi connectivity index (χ1) is 7.54. The number of carbonyl (C=O) groups is 2. The molecule has 0 aromatic heterocycles. The predicted octanol–water partition coefficient (Wildman–Crippen LogP) is 2.50. The zero-order valence-electron chi connectivity index (χ0n) is 8.58. The number of benzene rings is 1. The zero-order chi connectivity index (χ0) is 12.1. The second-order valence-electron chi connectivity index (χ2n) is 3.13. The number of hydrogen-bond donors (Lipinski definition) is 1. The van der Waals surface area contributed by atoms with E-state index in [0.717, 1.165) is 0 Å². The molecule has 0 saturated carbocycles. The van der Waals surface area contributed by atoms with Crippen molar-refractivity contribution in [2.75, 3.05) is 5.32 Å². The molecule has 0 radical (unpaired) electrons. The third-order valence-electron chi connectivity index (χ3n) is 1.89. The highest BCUT2D eigenvalue weighted by Crippen LogP contribution is 2.23. The summed E-state index contributed by atoms with van der Waals surface area (Å²) >= 11 is 3.25. The van der Waals surface area contributed by atoms with Gasteiger partial charge in [-0.2, -0.15) is 5.26 Å². The minimum absolute atomic E-state index is 0.0803. The van der Waals surface area contributed by atoms with Crippen molar-refractivity contribution in [1.29, 1.82) is 5.26 Å². The molecule has 0 aliphatic rings. The molecule has 4 nitrogen and oxygen atoms in total. The molecule has 82 valence electrons. The lowest BCUT2D eigenvalue weighted by molar-refractivity contribution is -0.115. The fraction of sp³-hybridized carbons (Fsp3) is 0.182. The van der Waals surface area contributed by atoms with Gasteiger partial charge in [0.05, 0.1) is 11.8 Å². The maximum Gasteiger partial charge on any atom is 0.238 e. The second-order valence-corrected chi connectivity index (χ2v) is 3.99. The van der Waals surface area contributed by atoms with Crippen LogP contribution in [0.4, 0.5) is 5.69 Å². The predicted molar refractivity (Wildman–Crippen MR) is 63.0 cm³/mol. The number of carbonyl (C=O) groups excluding carboxylic acids is 2. The van der Waals surface area contributed by atoms with E-state index < -0.39 is 5.91 Å². The normalized spacial score (nSPS) is 9.31. The van der Waals surface area contributed by atoms with Crippen LogP contribution in [0.3, 0.4) is 0 Å². The summed E-state index contributed by atoms with van der Waals surface area (Å²) < 4.78 is 0.670. The Bertz CT molecular complexity index is 477. The van der Waals surface area contributed by atoms with Crippen molar-refractivity contribution < 1.29 is 9.59 Å². The Hall–Kier alpha value is -1.67. The molecule has 0 spiro atoms. The van der Waals surface area contributed by atoms with Crippen molar-refractivity contribution in [3.8, 4) is 6.07 Å². The van der Waals surface area contributed by atoms with Gasteiger partial charge >= 0.3 is 0 Å². The van der Waals surface area contributed by atoms with Gasteiger partial charge in [-0.25, -0.2) is 0 Å². The van der Waals surface area contributed by atoms with E-state index in [4.69, 9.17) is 5.26 Å². The van der Waals surface area contributed by atoms with Crippen LogP contribution >= 0.6 is 15.9 Å². The van der Waals surface area contributed by atoms with E-state index in [1.165, 1.54) is 6.92 Å². The van der Waals surface area contributed by atoms with Gasteiger partial charge in [-0.15, -0.1) is 0 Å². The summed E-state index contributed by atoms with van der Waals surface area (Å²) in [6.45, 7) is 1.45. The molecule has 0 bridgehead atoms. The minimum atomic E-state index is -0.399. The summed E-state index contributed by atoms with van der Waals surface area (Å²) in [4.78, 5) is 22.3. The largest absolute Gasteiger partial charge is 0.324 e. The number of hydrogen-bond acceptors (Lipinski definition) is 3. The molecule has 0 atom stereocenters. The Balaban J connectivity index is 2.95. The van der Waals surface area contributed by atoms with Crippen molar-refractivity contribution in [3.63, 3.8) is 0 Å². The van der Waals surface area contributed by atoms with E-state index >= 15 is 0 Å². The van der Waals surface area contributed by atoms with Gasteiger partial charge in [0.1, 0.15) is 6.42 Å². The van der Waals surface area contributed by atoms with Crippen LogP contribution in [0.2, 0.25) is 0 Å². The summed E-state index contributed by atoms with van der Waals surface area (Å²) in [5, 5.41) is 10.9. The van der Waals surface area contributed by atoms with Crippen LogP contribution in [-0.4, -0.2) is 11.7 Å². The average Bonchev–Trinajstić information content (AvgIpc) is 2.21. The van der Waals surface area contributed by atoms with Gasteiger partial charge in [-0.05, 0) is 35.0 Å². The molecular formula is C11H9BrN2O2. The molecule has 0 aliphatic carbocycles. The summed E-state index contributed by atoms with van der Waals surface area (Å²) in [5.41, 5.74) is 1.00. The van der Waals surface area contributed by atoms with Crippen molar-refractivity contribution in [2.45, 2.75) is 13.3 Å². The number of Topliss-reactive ketones (excluding diaryl/α,β-unsaturated/α-hetero) is 1. The summed E-state index contributed by atoms with van der Waals surface area (Å²) in [5.74, 6) is -0.479. The minimum Gasteiger partial charge on any atom is -0.324 e. The Labute approximate surface area is 101 Å². The molecule has 0 aliphatic heterocycles. The number of rotatable bonds is 3. The third kappa shape index (κ3) is 3.17. The molecule has 1 N–H and O–H groups in total. The van der Waals surface area contributed by atoms with Crippen molar-refractivity contribution in [2.24, 2.45) is 0 Å². The maximum absolute atomic E-state index is 11.2. The van der Waals surface area contributed by atoms with Crippen LogP contribution in [0.25, 0.3) is 0 Å². The fourth-order valence-electron chi connectivity index (χ4n) is 1.11. The van der Waals surface area contributed by atoms with E-state index in [0.29, 0.717) is 15.7 Å². The highest BCUT2D eigenvalue weighted by Gasteiger charge is 2.07. The second kappa shape index (κ2) is 5.42. The van der Waals surface area contributed by atoms with Gasteiger partial charge in [0.25, 0.3) is 0 Å². The molecule has 5 heteroatoms. The summed E-state index contributed by atoms with van der Waals surface area (Å²) in [6, 6.07) is 6.66. The van der Waals surface area contributed by atoms with Crippen LogP contribution in [0.1, 0.15) is 23.7 Å². The highest BCUT2D eigenvalue weighted by atomic mass is 79.9. The quantitative estimate of drug-likeness (QED) is 0.865. The molecule has 1 amide bonds. The van der Waals surface area contributed by atoms with Crippen molar-refractivity contribution in [1.82, 2.24) is 0 Å². The molecular weight excluding hydrogens is 272 g/mol. The molecule has 1 rings (SSSR count). The van der Waals surface area contributed by atoms with Gasteiger partial charge < -0.3 is 5.32 Å². The lowest BCUT2D eigenvalue weighted by Gasteiger charge is -2.06. The maximum atomic E-state index is 11.2. The summed E-state index contributed by atoms with van der Waals surface area (Å²) in [7, 11) is 0. The van der Waals surface area contributed by atoms with E-state index in [9.17, 15) is 9.59 Å². The Morgan fingerprint density at radius 2 is 2.19 bits per heavy atom. The van der Waals surface area contributed by atoms with Gasteiger partial charge in [0.15, 0.2) is 5.78 Å². The van der Waals surface area contributed by atoms with Crippen molar-refractivity contribution >= 4 is 33.3 Å². The topological polar surface area (TPSA) is 70.0 Å². The first-order valence-electron chi connectivity index (χ1n) is 4.52. The van der Waals surface area contributed by atoms with E-state index in [1.807, 2.05) is 0 Å². The number of nitrogens with one attached hydrogen (secondary N) is 1. The lowest BCUT2D eigenvalue weighted by Crippen LogP contribution is -2.11. The SMILES string of the molecule is CC(=O)c1ccc(Br)c(NC(=O)CC#N)c1. The van der Waals surface area contributed by atoms with Crippen LogP contribution in [-0.2, 0) is 4.79 Å². The Morgan fingerprint density at radius 3 is 2.75 bits per heavy atom. The fourth-order valence-corrected chi connectivity index (χ4v) is 1.45. The van der Waals surface area contributed by atoms with Gasteiger partial charge in [-0.1, -0.05) is 6.07 Å².